The Balaban J connectivity index is 2.78. The number of nitrogens with two attached hydrogens (primary N) is 1. The fourth-order valence-corrected chi connectivity index (χ4v) is 1.00. The summed E-state index contributed by atoms with van der Waals surface area (Å²) < 4.78 is 12.8. The molecular formula is C9H10FNO3. The third-order valence-electron chi connectivity index (χ3n) is 1.76. The molecule has 0 bridgehead atoms. The second kappa shape index (κ2) is 3.95. The van der Waals surface area contributed by atoms with E-state index in [2.05, 4.69) is 0 Å². The van der Waals surface area contributed by atoms with E-state index < -0.39 is 12.1 Å². The summed E-state index contributed by atoms with van der Waals surface area (Å²) in [6.07, 6.45) is -1.98. The number of phenolic OH excluding ortho intramolecular Hbond substituents is 2. The first-order valence-electron chi connectivity index (χ1n) is 3.95. The quantitative estimate of drug-likeness (QED) is 0.618. The first kappa shape index (κ1) is 10.3. The van der Waals surface area contributed by atoms with E-state index in [9.17, 15) is 9.18 Å². The SMILES string of the molecule is NC(=O)C(F)Cc1ccc(O)c(O)c1. The number of halogens is 1. The summed E-state index contributed by atoms with van der Waals surface area (Å²) in [4.78, 5) is 10.4. The van der Waals surface area contributed by atoms with Gasteiger partial charge in [-0.2, -0.15) is 0 Å². The number of rotatable bonds is 3. The Bertz CT molecular complexity index is 354. The maximum atomic E-state index is 12.8. The van der Waals surface area contributed by atoms with Gasteiger partial charge in [0, 0.05) is 6.42 Å². The molecule has 1 rings (SSSR count). The maximum Gasteiger partial charge on any atom is 0.252 e. The zero-order valence-electron chi connectivity index (χ0n) is 7.27. The number of hydrogen-bond acceptors (Lipinski definition) is 3. The number of carbonyl (C=O) groups excluding carboxylic acids is 1. The van der Waals surface area contributed by atoms with Crippen LogP contribution in [0.15, 0.2) is 18.2 Å². The van der Waals surface area contributed by atoms with Crippen LogP contribution in [0.25, 0.3) is 0 Å². The number of phenols is 2. The Hall–Kier alpha value is -1.78. The molecule has 0 aromatic heterocycles. The summed E-state index contributed by atoms with van der Waals surface area (Å²) in [6.45, 7) is 0. The molecule has 0 aliphatic heterocycles. The lowest BCUT2D eigenvalue weighted by Gasteiger charge is -2.05. The molecule has 0 heterocycles. The van der Waals surface area contributed by atoms with Crippen LogP contribution in [0.4, 0.5) is 4.39 Å². The molecule has 0 aliphatic rings. The number of primary amides is 1. The maximum absolute atomic E-state index is 12.8. The van der Waals surface area contributed by atoms with Crippen LogP contribution in [0.5, 0.6) is 11.5 Å². The van der Waals surface area contributed by atoms with Crippen molar-refractivity contribution < 1.29 is 19.4 Å². The number of amides is 1. The highest BCUT2D eigenvalue weighted by Crippen LogP contribution is 2.25. The van der Waals surface area contributed by atoms with Crippen molar-refractivity contribution in [1.29, 1.82) is 0 Å². The van der Waals surface area contributed by atoms with Gasteiger partial charge in [-0.25, -0.2) is 4.39 Å². The van der Waals surface area contributed by atoms with E-state index in [1.165, 1.54) is 18.2 Å². The van der Waals surface area contributed by atoms with Gasteiger partial charge in [0.15, 0.2) is 17.7 Å². The van der Waals surface area contributed by atoms with Gasteiger partial charge < -0.3 is 15.9 Å². The van der Waals surface area contributed by atoms with Crippen molar-refractivity contribution in [2.24, 2.45) is 5.73 Å². The molecule has 0 saturated carbocycles. The van der Waals surface area contributed by atoms with Gasteiger partial charge in [-0.05, 0) is 17.7 Å². The zero-order valence-corrected chi connectivity index (χ0v) is 7.27. The predicted octanol–water partition coefficient (Wildman–Crippen LogP) is 0.464. The highest BCUT2D eigenvalue weighted by Gasteiger charge is 2.14. The highest BCUT2D eigenvalue weighted by molar-refractivity contribution is 5.79. The monoisotopic (exact) mass is 199 g/mol. The van der Waals surface area contributed by atoms with Crippen molar-refractivity contribution in [3.63, 3.8) is 0 Å². The molecule has 0 spiro atoms. The van der Waals surface area contributed by atoms with Gasteiger partial charge in [0.25, 0.3) is 5.91 Å². The molecule has 0 aliphatic carbocycles. The van der Waals surface area contributed by atoms with E-state index in [-0.39, 0.29) is 17.9 Å². The van der Waals surface area contributed by atoms with Gasteiger partial charge in [0.1, 0.15) is 0 Å². The van der Waals surface area contributed by atoms with Crippen molar-refractivity contribution in [1.82, 2.24) is 0 Å². The smallest absolute Gasteiger partial charge is 0.252 e. The van der Waals surface area contributed by atoms with E-state index >= 15 is 0 Å². The summed E-state index contributed by atoms with van der Waals surface area (Å²) in [7, 11) is 0. The molecule has 0 radical (unpaired) electrons. The van der Waals surface area contributed by atoms with E-state index in [1.807, 2.05) is 0 Å². The van der Waals surface area contributed by atoms with Crippen LogP contribution in [-0.2, 0) is 11.2 Å². The van der Waals surface area contributed by atoms with Crippen LogP contribution in [0, 0.1) is 0 Å². The Morgan fingerprint density at radius 3 is 2.57 bits per heavy atom. The lowest BCUT2D eigenvalue weighted by molar-refractivity contribution is -0.122. The molecule has 4 N–H and O–H groups in total. The third kappa shape index (κ3) is 2.35. The van der Waals surface area contributed by atoms with Crippen LogP contribution < -0.4 is 5.73 Å². The summed E-state index contributed by atoms with van der Waals surface area (Å²) in [5.74, 6) is -1.68. The number of alkyl halides is 1. The van der Waals surface area contributed by atoms with Gasteiger partial charge in [0.05, 0.1) is 0 Å². The first-order valence-corrected chi connectivity index (χ1v) is 3.95. The second-order valence-corrected chi connectivity index (χ2v) is 2.90. The average Bonchev–Trinajstić information content (AvgIpc) is 2.11. The lowest BCUT2D eigenvalue weighted by Crippen LogP contribution is -2.26. The molecule has 0 saturated heterocycles. The highest BCUT2D eigenvalue weighted by atomic mass is 19.1. The van der Waals surface area contributed by atoms with Crippen LogP contribution >= 0.6 is 0 Å². The Morgan fingerprint density at radius 2 is 2.07 bits per heavy atom. The Morgan fingerprint density at radius 1 is 1.43 bits per heavy atom. The van der Waals surface area contributed by atoms with Crippen LogP contribution in [0.2, 0.25) is 0 Å². The molecule has 1 aromatic rings. The average molecular weight is 199 g/mol. The number of benzene rings is 1. The zero-order chi connectivity index (χ0) is 10.7. The second-order valence-electron chi connectivity index (χ2n) is 2.90. The lowest BCUT2D eigenvalue weighted by atomic mass is 10.1. The van der Waals surface area contributed by atoms with E-state index in [0.717, 1.165) is 0 Å². The number of carbonyl (C=O) groups is 1. The van der Waals surface area contributed by atoms with E-state index in [4.69, 9.17) is 15.9 Å². The number of hydrogen-bond donors (Lipinski definition) is 3. The molecular weight excluding hydrogens is 189 g/mol. The largest absolute Gasteiger partial charge is 0.504 e. The van der Waals surface area contributed by atoms with Crippen LogP contribution in [-0.4, -0.2) is 22.3 Å². The number of aromatic hydroxyl groups is 2. The van der Waals surface area contributed by atoms with Crippen molar-refractivity contribution >= 4 is 5.91 Å². The predicted molar refractivity (Wildman–Crippen MR) is 47.6 cm³/mol. The Labute approximate surface area is 79.8 Å². The summed E-state index contributed by atoms with van der Waals surface area (Å²) in [6, 6.07) is 3.81. The fourth-order valence-electron chi connectivity index (χ4n) is 1.00. The molecule has 1 amide bonds. The normalized spacial score (nSPS) is 12.4. The van der Waals surface area contributed by atoms with Crippen LogP contribution in [0.3, 0.4) is 0 Å². The van der Waals surface area contributed by atoms with Gasteiger partial charge in [0.2, 0.25) is 0 Å². The summed E-state index contributed by atoms with van der Waals surface area (Å²) in [5.41, 5.74) is 5.12. The van der Waals surface area contributed by atoms with Crippen molar-refractivity contribution in [3.8, 4) is 11.5 Å². The molecule has 14 heavy (non-hydrogen) atoms. The van der Waals surface area contributed by atoms with E-state index in [0.29, 0.717) is 5.56 Å². The molecule has 1 unspecified atom stereocenters. The first-order chi connectivity index (χ1) is 6.50. The Kier molecular flexibility index (Phi) is 2.91. The standard InChI is InChI=1S/C9H10FNO3/c10-6(9(11)14)3-5-1-2-7(12)8(13)4-5/h1-2,4,6,12-13H,3H2,(H2,11,14). The minimum Gasteiger partial charge on any atom is -0.504 e. The van der Waals surface area contributed by atoms with Crippen molar-refractivity contribution in [3.05, 3.63) is 23.8 Å². The van der Waals surface area contributed by atoms with E-state index in [1.54, 1.807) is 0 Å². The molecule has 4 nitrogen and oxygen atoms in total. The summed E-state index contributed by atoms with van der Waals surface area (Å²) >= 11 is 0. The van der Waals surface area contributed by atoms with Crippen molar-refractivity contribution in [2.75, 3.05) is 0 Å². The van der Waals surface area contributed by atoms with Crippen molar-refractivity contribution in [2.45, 2.75) is 12.6 Å². The van der Waals surface area contributed by atoms with Gasteiger partial charge in [-0.1, -0.05) is 6.07 Å². The third-order valence-corrected chi connectivity index (χ3v) is 1.76. The van der Waals surface area contributed by atoms with Gasteiger partial charge >= 0.3 is 0 Å². The topological polar surface area (TPSA) is 83.6 Å². The minimum absolute atomic E-state index is 0.205. The molecule has 0 fully saturated rings. The molecule has 5 heteroatoms. The van der Waals surface area contributed by atoms with Crippen LogP contribution in [0.1, 0.15) is 5.56 Å². The van der Waals surface area contributed by atoms with Gasteiger partial charge in [-0.3, -0.25) is 4.79 Å². The minimum atomic E-state index is -1.78. The fraction of sp³-hybridized carbons (Fsp3) is 0.222. The molecule has 1 atom stereocenters. The van der Waals surface area contributed by atoms with Gasteiger partial charge in [-0.15, -0.1) is 0 Å². The summed E-state index contributed by atoms with van der Waals surface area (Å²) in [5, 5.41) is 18.0. The molecule has 1 aromatic carbocycles. The molecule has 76 valence electrons.